The fourth-order valence-electron chi connectivity index (χ4n) is 3.24. The topological polar surface area (TPSA) is 88.9 Å². The van der Waals surface area contributed by atoms with Gasteiger partial charge < -0.3 is 15.2 Å². The number of thioether (sulfide) groups is 1. The lowest BCUT2D eigenvalue weighted by Crippen LogP contribution is -2.19. The number of hydrogen-bond donors (Lipinski definition) is 2. The van der Waals surface area contributed by atoms with Crippen LogP contribution in [0.1, 0.15) is 23.9 Å². The first-order chi connectivity index (χ1) is 15.9. The minimum absolute atomic E-state index is 0.0651. The lowest BCUT2D eigenvalue weighted by atomic mass is 10.1. The van der Waals surface area contributed by atoms with Crippen molar-refractivity contribution in [3.05, 3.63) is 77.1 Å². The average Bonchev–Trinajstić information content (AvgIpc) is 3.16. The van der Waals surface area contributed by atoms with Gasteiger partial charge in [0.05, 0.1) is 12.2 Å². The molecule has 0 radical (unpaired) electrons. The van der Waals surface area contributed by atoms with E-state index in [0.29, 0.717) is 28.2 Å². The standard InChI is InChI=1S/C24H26ClN5O2S/c1-4-12-30-21(14-22(31)27-20-9-7-6-8-17(20)5-2)28-29-24(30)33-15-23(32)26-19-11-10-18(25)13-16(19)3/h4,6-11,13H,1,5,12,14-15H2,2-3H3,(H,26,32)(H,27,31). The summed E-state index contributed by atoms with van der Waals surface area (Å²) < 4.78 is 1.80. The molecule has 2 amide bonds. The van der Waals surface area contributed by atoms with Crippen molar-refractivity contribution in [2.75, 3.05) is 16.4 Å². The quantitative estimate of drug-likeness (QED) is 0.316. The molecule has 1 aromatic heterocycles. The number of carbonyl (C=O) groups is 2. The number of anilines is 2. The zero-order chi connectivity index (χ0) is 23.8. The van der Waals surface area contributed by atoms with Crippen molar-refractivity contribution in [2.45, 2.75) is 38.4 Å². The Hall–Kier alpha value is -3.10. The molecule has 0 saturated carbocycles. The molecule has 172 valence electrons. The number of aromatic nitrogens is 3. The summed E-state index contributed by atoms with van der Waals surface area (Å²) in [6, 6.07) is 13.0. The van der Waals surface area contributed by atoms with E-state index in [0.717, 1.165) is 23.2 Å². The molecular weight excluding hydrogens is 458 g/mol. The first-order valence-electron chi connectivity index (χ1n) is 10.5. The molecule has 7 nitrogen and oxygen atoms in total. The van der Waals surface area contributed by atoms with Crippen LogP contribution < -0.4 is 10.6 Å². The molecule has 9 heteroatoms. The number of halogens is 1. The number of carbonyl (C=O) groups excluding carboxylic acids is 2. The first-order valence-corrected chi connectivity index (χ1v) is 11.9. The first kappa shape index (κ1) is 24.5. The SMILES string of the molecule is C=CCn1c(CC(=O)Nc2ccccc2CC)nnc1SCC(=O)Nc1ccc(Cl)cc1C. The molecular formula is C24H26ClN5O2S. The summed E-state index contributed by atoms with van der Waals surface area (Å²) in [5.74, 6) is 0.306. The van der Waals surface area contributed by atoms with Gasteiger partial charge in [0.15, 0.2) is 5.16 Å². The van der Waals surface area contributed by atoms with Gasteiger partial charge in [0.2, 0.25) is 11.8 Å². The molecule has 0 aliphatic heterocycles. The van der Waals surface area contributed by atoms with Crippen molar-refractivity contribution < 1.29 is 9.59 Å². The van der Waals surface area contributed by atoms with E-state index in [9.17, 15) is 9.59 Å². The number of para-hydroxylation sites is 1. The second kappa shape index (κ2) is 11.7. The predicted octanol–water partition coefficient (Wildman–Crippen LogP) is 4.90. The molecule has 3 rings (SSSR count). The Morgan fingerprint density at radius 1 is 1.12 bits per heavy atom. The molecule has 3 aromatic rings. The Labute approximate surface area is 202 Å². The van der Waals surface area contributed by atoms with Crippen molar-refractivity contribution in [1.82, 2.24) is 14.8 Å². The van der Waals surface area contributed by atoms with Crippen LogP contribution in [0.15, 0.2) is 60.3 Å². The molecule has 0 bridgehead atoms. The molecule has 0 aliphatic carbocycles. The highest BCUT2D eigenvalue weighted by molar-refractivity contribution is 7.99. The van der Waals surface area contributed by atoms with Gasteiger partial charge in [0.1, 0.15) is 5.82 Å². The second-order valence-corrected chi connectivity index (χ2v) is 8.71. The molecule has 0 saturated heterocycles. The van der Waals surface area contributed by atoms with Crippen molar-refractivity contribution in [3.63, 3.8) is 0 Å². The van der Waals surface area contributed by atoms with E-state index in [1.165, 1.54) is 11.8 Å². The zero-order valence-corrected chi connectivity index (χ0v) is 20.2. The summed E-state index contributed by atoms with van der Waals surface area (Å²) in [6.07, 6.45) is 2.59. The maximum Gasteiger partial charge on any atom is 0.234 e. The van der Waals surface area contributed by atoms with E-state index in [-0.39, 0.29) is 24.0 Å². The average molecular weight is 484 g/mol. The van der Waals surface area contributed by atoms with E-state index in [1.807, 2.05) is 38.1 Å². The van der Waals surface area contributed by atoms with E-state index in [4.69, 9.17) is 11.6 Å². The van der Waals surface area contributed by atoms with Gasteiger partial charge in [-0.25, -0.2) is 0 Å². The Kier molecular flexibility index (Phi) is 8.68. The van der Waals surface area contributed by atoms with Crippen LogP contribution in [0.25, 0.3) is 0 Å². The van der Waals surface area contributed by atoms with E-state index < -0.39 is 0 Å². The number of benzene rings is 2. The molecule has 0 spiro atoms. The summed E-state index contributed by atoms with van der Waals surface area (Å²) in [5.41, 5.74) is 3.45. The lowest BCUT2D eigenvalue weighted by molar-refractivity contribution is -0.116. The Morgan fingerprint density at radius 3 is 2.61 bits per heavy atom. The molecule has 33 heavy (non-hydrogen) atoms. The summed E-state index contributed by atoms with van der Waals surface area (Å²) in [4.78, 5) is 25.1. The van der Waals surface area contributed by atoms with Crippen LogP contribution in [0.4, 0.5) is 11.4 Å². The Balaban J connectivity index is 1.64. The van der Waals surface area contributed by atoms with Crippen LogP contribution in [0.3, 0.4) is 0 Å². The zero-order valence-electron chi connectivity index (χ0n) is 18.6. The lowest BCUT2D eigenvalue weighted by Gasteiger charge is -2.11. The summed E-state index contributed by atoms with van der Waals surface area (Å²) >= 11 is 7.22. The highest BCUT2D eigenvalue weighted by Gasteiger charge is 2.17. The third-order valence-electron chi connectivity index (χ3n) is 4.89. The minimum Gasteiger partial charge on any atom is -0.325 e. The van der Waals surface area contributed by atoms with Crippen LogP contribution >= 0.6 is 23.4 Å². The van der Waals surface area contributed by atoms with Crippen molar-refractivity contribution in [1.29, 1.82) is 0 Å². The number of hydrogen-bond acceptors (Lipinski definition) is 5. The highest BCUT2D eigenvalue weighted by atomic mass is 35.5. The third-order valence-corrected chi connectivity index (χ3v) is 6.09. The van der Waals surface area contributed by atoms with Crippen molar-refractivity contribution in [3.8, 4) is 0 Å². The van der Waals surface area contributed by atoms with E-state index >= 15 is 0 Å². The molecule has 2 aromatic carbocycles. The predicted molar refractivity (Wildman–Crippen MR) is 134 cm³/mol. The van der Waals surface area contributed by atoms with Gasteiger partial charge >= 0.3 is 0 Å². The van der Waals surface area contributed by atoms with E-state index in [1.54, 1.807) is 28.8 Å². The van der Waals surface area contributed by atoms with Gasteiger partial charge in [-0.2, -0.15) is 0 Å². The third kappa shape index (κ3) is 6.69. The van der Waals surface area contributed by atoms with Gasteiger partial charge in [-0.15, -0.1) is 16.8 Å². The number of nitrogens with one attached hydrogen (secondary N) is 2. The molecule has 0 aliphatic rings. The van der Waals surface area contributed by atoms with Crippen molar-refractivity contribution in [2.24, 2.45) is 0 Å². The van der Waals surface area contributed by atoms with Gasteiger partial charge in [-0.3, -0.25) is 9.59 Å². The normalized spacial score (nSPS) is 10.6. The van der Waals surface area contributed by atoms with E-state index in [2.05, 4.69) is 27.4 Å². The van der Waals surface area contributed by atoms with Crippen LogP contribution in [0.2, 0.25) is 5.02 Å². The van der Waals surface area contributed by atoms with Gasteiger partial charge in [0.25, 0.3) is 0 Å². The molecule has 0 atom stereocenters. The largest absolute Gasteiger partial charge is 0.325 e. The Morgan fingerprint density at radius 2 is 1.88 bits per heavy atom. The van der Waals surface area contributed by atoms with Crippen LogP contribution in [0, 0.1) is 6.92 Å². The summed E-state index contributed by atoms with van der Waals surface area (Å²) in [5, 5.41) is 15.4. The highest BCUT2D eigenvalue weighted by Crippen LogP contribution is 2.22. The number of amides is 2. The fourth-order valence-corrected chi connectivity index (χ4v) is 4.23. The Bertz CT molecular complexity index is 1160. The van der Waals surface area contributed by atoms with Gasteiger partial charge in [0, 0.05) is 22.9 Å². The maximum absolute atomic E-state index is 12.6. The van der Waals surface area contributed by atoms with Crippen LogP contribution in [-0.4, -0.2) is 32.3 Å². The summed E-state index contributed by atoms with van der Waals surface area (Å²) in [7, 11) is 0. The van der Waals surface area contributed by atoms with Gasteiger partial charge in [-0.1, -0.05) is 54.6 Å². The number of nitrogens with zero attached hydrogens (tertiary/aromatic N) is 3. The van der Waals surface area contributed by atoms with Crippen molar-refractivity contribution >= 4 is 46.6 Å². The molecule has 0 fully saturated rings. The number of allylic oxidation sites excluding steroid dienone is 1. The van der Waals surface area contributed by atoms with Crippen LogP contribution in [-0.2, 0) is 29.0 Å². The fraction of sp³-hybridized carbons (Fsp3) is 0.250. The molecule has 1 heterocycles. The van der Waals surface area contributed by atoms with Crippen LogP contribution in [0.5, 0.6) is 0 Å². The van der Waals surface area contributed by atoms with Gasteiger partial charge in [-0.05, 0) is 48.7 Å². The second-order valence-electron chi connectivity index (χ2n) is 7.33. The maximum atomic E-state index is 12.6. The minimum atomic E-state index is -0.180. The number of aryl methyl sites for hydroxylation is 2. The smallest absolute Gasteiger partial charge is 0.234 e. The number of rotatable bonds is 10. The summed E-state index contributed by atoms with van der Waals surface area (Å²) in [6.45, 7) is 8.13. The molecule has 0 unspecified atom stereocenters. The molecule has 2 N–H and O–H groups in total. The monoisotopic (exact) mass is 483 g/mol.